The van der Waals surface area contributed by atoms with Gasteiger partial charge in [0.05, 0.1) is 6.57 Å². The predicted molar refractivity (Wildman–Crippen MR) is 92.9 cm³/mol. The van der Waals surface area contributed by atoms with Crippen LogP contribution >= 0.6 is 0 Å². The average molecular weight is 309 g/mol. The first-order valence-electron chi connectivity index (χ1n) is 7.83. The molecule has 0 saturated heterocycles. The monoisotopic (exact) mass is 309 g/mol. The van der Waals surface area contributed by atoms with E-state index in [1.807, 2.05) is 12.4 Å². The third kappa shape index (κ3) is 4.53. The zero-order valence-electron chi connectivity index (χ0n) is 14.2. The third-order valence-electron chi connectivity index (χ3n) is 3.83. The van der Waals surface area contributed by atoms with Crippen LogP contribution in [0.5, 0.6) is 0 Å². The minimum atomic E-state index is -0.191. The van der Waals surface area contributed by atoms with Crippen LogP contribution in [0.25, 0.3) is 15.9 Å². The topological polar surface area (TPSA) is 50.1 Å². The number of ketones is 1. The maximum atomic E-state index is 11.3. The van der Waals surface area contributed by atoms with E-state index >= 15 is 0 Å². The zero-order valence-corrected chi connectivity index (χ0v) is 14.2. The molecule has 120 valence electrons. The number of carbonyl (C=O) groups excluding carboxylic acids is 1. The van der Waals surface area contributed by atoms with Crippen molar-refractivity contribution < 1.29 is 4.79 Å². The van der Waals surface area contributed by atoms with Crippen molar-refractivity contribution in [1.29, 1.82) is 0 Å². The summed E-state index contributed by atoms with van der Waals surface area (Å²) >= 11 is 0. The second-order valence-electron chi connectivity index (χ2n) is 7.08. The van der Waals surface area contributed by atoms with Gasteiger partial charge in [-0.05, 0) is 48.8 Å². The van der Waals surface area contributed by atoms with E-state index in [1.165, 1.54) is 12.5 Å². The second-order valence-corrected chi connectivity index (χ2v) is 7.08. The fourth-order valence-electron chi connectivity index (χ4n) is 2.40. The molecule has 0 aromatic carbocycles. The molecule has 0 aliphatic carbocycles. The number of hydrogen-bond acceptors (Lipinski definition) is 2. The molecule has 4 heteroatoms. The first kappa shape index (κ1) is 17.0. The summed E-state index contributed by atoms with van der Waals surface area (Å²) in [6.45, 7) is 15.2. The largest absolute Gasteiger partial charge is 0.346 e. The Morgan fingerprint density at radius 1 is 1.43 bits per heavy atom. The fraction of sp³-hybridized carbons (Fsp3) is 0.421. The van der Waals surface area contributed by atoms with Gasteiger partial charge in [0.15, 0.2) is 5.78 Å². The number of nitrogens with one attached hydrogen (secondary N) is 1. The molecule has 2 heterocycles. The summed E-state index contributed by atoms with van der Waals surface area (Å²) in [7, 11) is 0. The molecule has 0 spiro atoms. The predicted octanol–water partition coefficient (Wildman–Crippen LogP) is 4.48. The number of nitrogens with zero attached hydrogens (tertiary/aromatic N) is 2. The number of Topliss-reactive ketones (excluding diaryl/α,β-unsaturated/α-hetero) is 1. The summed E-state index contributed by atoms with van der Waals surface area (Å²) in [6, 6.07) is 2.17. The van der Waals surface area contributed by atoms with Gasteiger partial charge in [-0.3, -0.25) is 0 Å². The molecule has 0 bridgehead atoms. The smallest absolute Gasteiger partial charge is 0.225 e. The van der Waals surface area contributed by atoms with Crippen LogP contribution in [-0.2, 0) is 17.6 Å². The molecule has 2 aromatic heterocycles. The van der Waals surface area contributed by atoms with Gasteiger partial charge in [-0.2, -0.15) is 0 Å². The number of carbonyl (C=O) groups is 1. The van der Waals surface area contributed by atoms with Gasteiger partial charge in [0, 0.05) is 17.8 Å². The van der Waals surface area contributed by atoms with Crippen LogP contribution in [0.4, 0.5) is 0 Å². The minimum Gasteiger partial charge on any atom is -0.346 e. The summed E-state index contributed by atoms with van der Waals surface area (Å²) in [6.07, 6.45) is 8.18. The van der Waals surface area contributed by atoms with Crippen molar-refractivity contribution in [1.82, 2.24) is 9.97 Å². The number of aryl methyl sites for hydroxylation is 1. The lowest BCUT2D eigenvalue weighted by molar-refractivity contribution is -0.113. The van der Waals surface area contributed by atoms with Crippen LogP contribution < -0.4 is 0 Å². The van der Waals surface area contributed by atoms with Gasteiger partial charge in [0.2, 0.25) is 5.70 Å². The molecular formula is C19H23N3O. The number of fused-ring (bicyclic) bond motifs is 1. The Morgan fingerprint density at radius 3 is 2.78 bits per heavy atom. The minimum absolute atomic E-state index is 0.191. The number of allylic oxidation sites excluding steroid dienone is 2. The van der Waals surface area contributed by atoms with E-state index < -0.39 is 0 Å². The van der Waals surface area contributed by atoms with Crippen molar-refractivity contribution in [2.24, 2.45) is 5.41 Å². The summed E-state index contributed by atoms with van der Waals surface area (Å²) in [5.74, 6) is -0.191. The molecule has 0 aliphatic heterocycles. The van der Waals surface area contributed by atoms with Gasteiger partial charge in [-0.25, -0.2) is 9.83 Å². The molecule has 2 aromatic rings. The maximum Gasteiger partial charge on any atom is 0.225 e. The van der Waals surface area contributed by atoms with Crippen LogP contribution in [-0.4, -0.2) is 15.8 Å². The molecular weight excluding hydrogens is 286 g/mol. The Kier molecular flexibility index (Phi) is 5.00. The van der Waals surface area contributed by atoms with E-state index in [2.05, 4.69) is 41.7 Å². The first-order chi connectivity index (χ1) is 10.8. The van der Waals surface area contributed by atoms with Crippen molar-refractivity contribution >= 4 is 16.8 Å². The molecule has 0 unspecified atom stereocenters. The number of rotatable bonds is 5. The summed E-state index contributed by atoms with van der Waals surface area (Å²) in [5.41, 5.74) is 3.61. The molecule has 0 fully saturated rings. The Morgan fingerprint density at radius 2 is 2.17 bits per heavy atom. The van der Waals surface area contributed by atoms with Gasteiger partial charge < -0.3 is 9.78 Å². The van der Waals surface area contributed by atoms with Crippen molar-refractivity contribution in [2.45, 2.75) is 47.0 Å². The van der Waals surface area contributed by atoms with Crippen LogP contribution in [0.15, 0.2) is 30.2 Å². The lowest BCUT2D eigenvalue weighted by Gasteiger charge is -2.17. The average Bonchev–Trinajstić information content (AvgIpc) is 2.87. The van der Waals surface area contributed by atoms with E-state index in [-0.39, 0.29) is 11.5 Å². The van der Waals surface area contributed by atoms with Crippen LogP contribution in [0.1, 0.15) is 45.2 Å². The molecule has 0 radical (unpaired) electrons. The van der Waals surface area contributed by atoms with E-state index in [4.69, 9.17) is 6.57 Å². The molecule has 0 aliphatic rings. The standard InChI is InChI=1S/C19H23N3O/c1-13(23)17(20-5)7-6-15-12-22-18-16(15)10-14(11-21-18)8-9-19(2,3)4/h7,10-12H,6,8-9H2,1-4H3,(H,21,22)/b17-7-. The van der Waals surface area contributed by atoms with Gasteiger partial charge in [-0.1, -0.05) is 26.8 Å². The van der Waals surface area contributed by atoms with Crippen molar-refractivity contribution in [3.63, 3.8) is 0 Å². The Hall–Kier alpha value is -2.41. The van der Waals surface area contributed by atoms with Crippen molar-refractivity contribution in [2.75, 3.05) is 0 Å². The number of hydrogen-bond donors (Lipinski definition) is 1. The zero-order chi connectivity index (χ0) is 17.0. The third-order valence-corrected chi connectivity index (χ3v) is 3.83. The van der Waals surface area contributed by atoms with Gasteiger partial charge in [-0.15, -0.1) is 0 Å². The van der Waals surface area contributed by atoms with Gasteiger partial charge in [0.25, 0.3) is 0 Å². The SMILES string of the molecule is [C-]#[N+]/C(=C\Cc1c[nH]c2ncc(CCC(C)(C)C)cc12)C(C)=O. The van der Waals surface area contributed by atoms with E-state index in [9.17, 15) is 4.79 Å². The summed E-state index contributed by atoms with van der Waals surface area (Å²) < 4.78 is 0. The van der Waals surface area contributed by atoms with E-state index in [0.717, 1.165) is 29.4 Å². The highest BCUT2D eigenvalue weighted by Crippen LogP contribution is 2.24. The van der Waals surface area contributed by atoms with E-state index in [0.29, 0.717) is 11.8 Å². The maximum absolute atomic E-state index is 11.3. The van der Waals surface area contributed by atoms with Crippen LogP contribution in [0, 0.1) is 12.0 Å². The quantitative estimate of drug-likeness (QED) is 0.654. The van der Waals surface area contributed by atoms with E-state index in [1.54, 1.807) is 6.08 Å². The van der Waals surface area contributed by atoms with Gasteiger partial charge >= 0.3 is 0 Å². The van der Waals surface area contributed by atoms with Crippen LogP contribution in [0.3, 0.4) is 0 Å². The van der Waals surface area contributed by atoms with Crippen LogP contribution in [0.2, 0.25) is 0 Å². The molecule has 23 heavy (non-hydrogen) atoms. The van der Waals surface area contributed by atoms with Crippen molar-refractivity contribution in [3.05, 3.63) is 52.8 Å². The van der Waals surface area contributed by atoms with Crippen molar-refractivity contribution in [3.8, 4) is 0 Å². The molecule has 0 atom stereocenters. The normalized spacial score (nSPS) is 12.4. The molecule has 2 rings (SSSR count). The summed E-state index contributed by atoms with van der Waals surface area (Å²) in [5, 5.41) is 1.07. The fourth-order valence-corrected chi connectivity index (χ4v) is 2.40. The lowest BCUT2D eigenvalue weighted by Crippen LogP contribution is -2.06. The molecule has 1 N–H and O–H groups in total. The Bertz CT molecular complexity index is 785. The highest BCUT2D eigenvalue weighted by molar-refractivity contribution is 5.95. The highest BCUT2D eigenvalue weighted by Gasteiger charge is 2.12. The number of pyridine rings is 1. The molecule has 4 nitrogen and oxygen atoms in total. The molecule has 0 amide bonds. The van der Waals surface area contributed by atoms with Gasteiger partial charge in [0.1, 0.15) is 5.65 Å². The highest BCUT2D eigenvalue weighted by atomic mass is 16.1. The second kappa shape index (κ2) is 6.78. The Balaban J connectivity index is 2.25. The first-order valence-corrected chi connectivity index (χ1v) is 7.83. The lowest BCUT2D eigenvalue weighted by atomic mass is 9.89. The Labute approximate surface area is 137 Å². The molecule has 0 saturated carbocycles. The summed E-state index contributed by atoms with van der Waals surface area (Å²) in [4.78, 5) is 22.2. The number of aromatic amines is 1. The number of H-pyrrole nitrogens is 1. The number of aromatic nitrogens is 2.